The van der Waals surface area contributed by atoms with E-state index in [9.17, 15) is 0 Å². The highest BCUT2D eigenvalue weighted by Crippen LogP contribution is 2.18. The maximum absolute atomic E-state index is 5.48. The molecule has 0 bridgehead atoms. The van der Waals surface area contributed by atoms with Crippen LogP contribution in [-0.4, -0.2) is 25.2 Å². The highest BCUT2D eigenvalue weighted by atomic mass is 15.4. The van der Waals surface area contributed by atoms with Crippen LogP contribution in [0.3, 0.4) is 0 Å². The number of hydrogen-bond donors (Lipinski definition) is 2. The standard InChI is InChI=1S/C7H10N6/c1-4-7(11-12-13(4)2)5-3-6(8)10-9-5/h3H,1-2H3,(H3,8,9,10). The lowest BCUT2D eigenvalue weighted by molar-refractivity contribution is 0.696. The summed E-state index contributed by atoms with van der Waals surface area (Å²) < 4.78 is 1.70. The number of nitrogens with one attached hydrogen (secondary N) is 1. The van der Waals surface area contributed by atoms with E-state index in [2.05, 4.69) is 20.5 Å². The van der Waals surface area contributed by atoms with Crippen molar-refractivity contribution in [3.8, 4) is 11.4 Å². The summed E-state index contributed by atoms with van der Waals surface area (Å²) in [4.78, 5) is 0. The fourth-order valence-electron chi connectivity index (χ4n) is 1.11. The Morgan fingerprint density at radius 2 is 2.31 bits per heavy atom. The molecule has 0 fully saturated rings. The van der Waals surface area contributed by atoms with Gasteiger partial charge in [0.05, 0.1) is 11.4 Å². The third-order valence-electron chi connectivity index (χ3n) is 1.96. The summed E-state index contributed by atoms with van der Waals surface area (Å²) in [7, 11) is 1.84. The summed E-state index contributed by atoms with van der Waals surface area (Å²) >= 11 is 0. The first-order valence-electron chi connectivity index (χ1n) is 3.86. The first-order chi connectivity index (χ1) is 6.18. The van der Waals surface area contributed by atoms with Crippen molar-refractivity contribution in [1.82, 2.24) is 25.2 Å². The number of nitrogen functional groups attached to an aromatic ring is 1. The second-order valence-electron chi connectivity index (χ2n) is 2.85. The molecule has 0 aliphatic heterocycles. The molecule has 2 heterocycles. The lowest BCUT2D eigenvalue weighted by atomic mass is 10.2. The van der Waals surface area contributed by atoms with E-state index in [4.69, 9.17) is 5.73 Å². The summed E-state index contributed by atoms with van der Waals surface area (Å²) in [6.45, 7) is 1.94. The van der Waals surface area contributed by atoms with E-state index < -0.39 is 0 Å². The van der Waals surface area contributed by atoms with Gasteiger partial charge in [-0.05, 0) is 6.92 Å². The third-order valence-corrected chi connectivity index (χ3v) is 1.96. The Kier molecular flexibility index (Phi) is 1.54. The molecule has 0 amide bonds. The summed E-state index contributed by atoms with van der Waals surface area (Å²) in [5, 5.41) is 14.5. The van der Waals surface area contributed by atoms with Gasteiger partial charge in [0.15, 0.2) is 0 Å². The normalized spacial score (nSPS) is 10.6. The monoisotopic (exact) mass is 178 g/mol. The number of anilines is 1. The van der Waals surface area contributed by atoms with Crippen LogP contribution in [0, 0.1) is 6.92 Å². The molecule has 2 aromatic heterocycles. The lowest BCUT2D eigenvalue weighted by Crippen LogP contribution is -1.92. The van der Waals surface area contributed by atoms with Crippen molar-refractivity contribution in [3.05, 3.63) is 11.8 Å². The molecule has 0 atom stereocenters. The van der Waals surface area contributed by atoms with Gasteiger partial charge in [0, 0.05) is 13.1 Å². The average Bonchev–Trinajstić information content (AvgIpc) is 2.62. The van der Waals surface area contributed by atoms with Crippen LogP contribution in [0.1, 0.15) is 5.69 Å². The van der Waals surface area contributed by atoms with E-state index in [1.807, 2.05) is 14.0 Å². The van der Waals surface area contributed by atoms with E-state index in [-0.39, 0.29) is 0 Å². The topological polar surface area (TPSA) is 85.4 Å². The van der Waals surface area contributed by atoms with Gasteiger partial charge in [-0.1, -0.05) is 5.21 Å². The van der Waals surface area contributed by atoms with Crippen molar-refractivity contribution in [1.29, 1.82) is 0 Å². The quantitative estimate of drug-likeness (QED) is 0.648. The Bertz CT molecular complexity index is 426. The van der Waals surface area contributed by atoms with Gasteiger partial charge in [0.1, 0.15) is 11.5 Å². The third kappa shape index (κ3) is 1.16. The smallest absolute Gasteiger partial charge is 0.145 e. The van der Waals surface area contributed by atoms with Crippen LogP contribution in [0.25, 0.3) is 11.4 Å². The van der Waals surface area contributed by atoms with Gasteiger partial charge in [0.25, 0.3) is 0 Å². The van der Waals surface area contributed by atoms with E-state index in [0.29, 0.717) is 5.82 Å². The molecule has 2 rings (SSSR count). The van der Waals surface area contributed by atoms with Crippen LogP contribution in [0.2, 0.25) is 0 Å². The summed E-state index contributed by atoms with van der Waals surface area (Å²) in [6.07, 6.45) is 0. The Hall–Kier alpha value is -1.85. The molecule has 0 radical (unpaired) electrons. The molecular weight excluding hydrogens is 168 g/mol. The molecular formula is C7H10N6. The Morgan fingerprint density at radius 1 is 1.54 bits per heavy atom. The van der Waals surface area contributed by atoms with Crippen LogP contribution < -0.4 is 5.73 Å². The Balaban J connectivity index is 2.52. The van der Waals surface area contributed by atoms with E-state index >= 15 is 0 Å². The van der Waals surface area contributed by atoms with Crippen LogP contribution in [-0.2, 0) is 7.05 Å². The van der Waals surface area contributed by atoms with Crippen molar-refractivity contribution in [3.63, 3.8) is 0 Å². The number of aromatic amines is 1. The fourth-order valence-corrected chi connectivity index (χ4v) is 1.11. The number of rotatable bonds is 1. The molecule has 6 heteroatoms. The van der Waals surface area contributed by atoms with Crippen molar-refractivity contribution in [2.75, 3.05) is 5.73 Å². The minimum atomic E-state index is 0.458. The molecule has 0 aliphatic carbocycles. The second-order valence-corrected chi connectivity index (χ2v) is 2.85. The van der Waals surface area contributed by atoms with Crippen molar-refractivity contribution < 1.29 is 0 Å². The number of nitrogens with two attached hydrogens (primary N) is 1. The Morgan fingerprint density at radius 3 is 2.77 bits per heavy atom. The van der Waals surface area contributed by atoms with Gasteiger partial charge in [-0.25, -0.2) is 0 Å². The molecule has 68 valence electrons. The van der Waals surface area contributed by atoms with Gasteiger partial charge in [-0.3, -0.25) is 9.78 Å². The molecule has 6 nitrogen and oxygen atoms in total. The zero-order valence-corrected chi connectivity index (χ0v) is 7.44. The van der Waals surface area contributed by atoms with E-state index in [1.165, 1.54) is 0 Å². The molecule has 0 spiro atoms. The highest BCUT2D eigenvalue weighted by Gasteiger charge is 2.10. The zero-order valence-electron chi connectivity index (χ0n) is 7.44. The van der Waals surface area contributed by atoms with Gasteiger partial charge in [-0.2, -0.15) is 5.10 Å². The molecule has 0 saturated heterocycles. The lowest BCUT2D eigenvalue weighted by Gasteiger charge is -1.92. The minimum Gasteiger partial charge on any atom is -0.382 e. The SMILES string of the molecule is Cc1c(-c2cc(N)n[nH]2)nnn1C. The number of aromatic nitrogens is 5. The first kappa shape index (κ1) is 7.78. The molecule has 13 heavy (non-hydrogen) atoms. The number of H-pyrrole nitrogens is 1. The molecule has 0 aromatic carbocycles. The first-order valence-corrected chi connectivity index (χ1v) is 3.86. The van der Waals surface area contributed by atoms with Crippen molar-refractivity contribution in [2.24, 2.45) is 7.05 Å². The average molecular weight is 178 g/mol. The van der Waals surface area contributed by atoms with Crippen molar-refractivity contribution in [2.45, 2.75) is 6.92 Å². The summed E-state index contributed by atoms with van der Waals surface area (Å²) in [5.41, 5.74) is 8.03. The number of hydrogen-bond acceptors (Lipinski definition) is 4. The number of nitrogens with zero attached hydrogens (tertiary/aromatic N) is 4. The van der Waals surface area contributed by atoms with Gasteiger partial charge in [-0.15, -0.1) is 5.10 Å². The summed E-state index contributed by atoms with van der Waals surface area (Å²) in [6, 6.07) is 1.73. The van der Waals surface area contributed by atoms with Crippen LogP contribution in [0.5, 0.6) is 0 Å². The fraction of sp³-hybridized carbons (Fsp3) is 0.286. The van der Waals surface area contributed by atoms with Gasteiger partial charge in [0.2, 0.25) is 0 Å². The van der Waals surface area contributed by atoms with E-state index in [1.54, 1.807) is 10.7 Å². The van der Waals surface area contributed by atoms with Gasteiger partial charge >= 0.3 is 0 Å². The Labute approximate surface area is 74.8 Å². The summed E-state index contributed by atoms with van der Waals surface area (Å²) in [5.74, 6) is 0.458. The van der Waals surface area contributed by atoms with E-state index in [0.717, 1.165) is 17.1 Å². The van der Waals surface area contributed by atoms with Crippen LogP contribution in [0.4, 0.5) is 5.82 Å². The molecule has 2 aromatic rings. The largest absolute Gasteiger partial charge is 0.382 e. The highest BCUT2D eigenvalue weighted by molar-refractivity contribution is 5.59. The van der Waals surface area contributed by atoms with Crippen molar-refractivity contribution >= 4 is 5.82 Å². The maximum Gasteiger partial charge on any atom is 0.145 e. The predicted octanol–water partition coefficient (Wildman–Crippen LogP) is 0.0958. The predicted molar refractivity (Wildman–Crippen MR) is 47.7 cm³/mol. The van der Waals surface area contributed by atoms with Crippen LogP contribution in [0.15, 0.2) is 6.07 Å². The minimum absolute atomic E-state index is 0.458. The maximum atomic E-state index is 5.48. The molecule has 0 unspecified atom stereocenters. The second kappa shape index (κ2) is 2.58. The van der Waals surface area contributed by atoms with Crippen LogP contribution >= 0.6 is 0 Å². The molecule has 0 saturated carbocycles. The zero-order chi connectivity index (χ0) is 9.42. The number of aryl methyl sites for hydroxylation is 1. The van der Waals surface area contributed by atoms with Gasteiger partial charge < -0.3 is 5.73 Å². The molecule has 3 N–H and O–H groups in total. The molecule has 0 aliphatic rings.